The summed E-state index contributed by atoms with van der Waals surface area (Å²) < 4.78 is 72.5. The predicted octanol–water partition coefficient (Wildman–Crippen LogP) is 5.90. The summed E-state index contributed by atoms with van der Waals surface area (Å²) >= 11 is 0. The summed E-state index contributed by atoms with van der Waals surface area (Å²) in [5.74, 6) is -0.662. The molecule has 0 amide bonds. The van der Waals surface area contributed by atoms with Gasteiger partial charge in [0.25, 0.3) is 10.0 Å². The van der Waals surface area contributed by atoms with Gasteiger partial charge in [-0.3, -0.25) is 14.7 Å². The van der Waals surface area contributed by atoms with Crippen molar-refractivity contribution in [3.8, 4) is 22.4 Å². The zero-order valence-electron chi connectivity index (χ0n) is 22.8. The van der Waals surface area contributed by atoms with Crippen molar-refractivity contribution in [1.82, 2.24) is 18.9 Å². The number of sulfonamides is 1. The van der Waals surface area contributed by atoms with E-state index in [-0.39, 0.29) is 27.0 Å². The van der Waals surface area contributed by atoms with E-state index in [4.69, 9.17) is 0 Å². The normalized spacial score (nSPS) is 13.9. The molecule has 0 atom stereocenters. The minimum atomic E-state index is -4.18. The summed E-state index contributed by atoms with van der Waals surface area (Å²) in [4.78, 5) is 13.0. The Labute approximate surface area is 247 Å². The van der Waals surface area contributed by atoms with Crippen LogP contribution in [0.3, 0.4) is 0 Å². The molecule has 12 heteroatoms. The zero-order valence-corrected chi connectivity index (χ0v) is 24.4. The van der Waals surface area contributed by atoms with Gasteiger partial charge >= 0.3 is 0 Å². The molecule has 0 radical (unpaired) electrons. The Morgan fingerprint density at radius 3 is 2.30 bits per heavy atom. The monoisotopic (exact) mass is 613 g/mol. The Morgan fingerprint density at radius 1 is 0.884 bits per heavy atom. The molecule has 1 saturated carbocycles. The number of halogens is 1. The molecule has 0 spiro atoms. The van der Waals surface area contributed by atoms with E-state index < -0.39 is 31.1 Å². The third kappa shape index (κ3) is 4.72. The Bertz CT molecular complexity index is 2250. The Balaban J connectivity index is 1.48. The summed E-state index contributed by atoms with van der Waals surface area (Å²) in [6.45, 7) is 1.86. The minimum absolute atomic E-state index is 0.0376. The van der Waals surface area contributed by atoms with Crippen molar-refractivity contribution in [2.45, 2.75) is 29.9 Å². The molecule has 1 N–H and O–H groups in total. The second kappa shape index (κ2) is 9.96. The van der Waals surface area contributed by atoms with Gasteiger partial charge in [0.05, 0.1) is 33.7 Å². The van der Waals surface area contributed by atoms with E-state index in [1.165, 1.54) is 18.3 Å². The second-order valence-electron chi connectivity index (χ2n) is 10.5. The van der Waals surface area contributed by atoms with E-state index in [9.17, 15) is 16.8 Å². The Morgan fingerprint density at radius 2 is 1.63 bits per heavy atom. The van der Waals surface area contributed by atoms with Crippen molar-refractivity contribution in [3.05, 3.63) is 103 Å². The number of rotatable bonds is 7. The molecule has 6 aromatic rings. The lowest BCUT2D eigenvalue weighted by molar-refractivity contribution is 0.589. The first-order chi connectivity index (χ1) is 20.6. The average Bonchev–Trinajstić information content (AvgIpc) is 3.81. The van der Waals surface area contributed by atoms with Crippen LogP contribution in [0.5, 0.6) is 0 Å². The van der Waals surface area contributed by atoms with Crippen molar-refractivity contribution >= 4 is 47.7 Å². The van der Waals surface area contributed by atoms with Gasteiger partial charge in [0.2, 0.25) is 10.0 Å². The van der Waals surface area contributed by atoms with Crippen molar-refractivity contribution in [3.63, 3.8) is 0 Å². The van der Waals surface area contributed by atoms with Gasteiger partial charge in [-0.25, -0.2) is 30.2 Å². The standard InChI is InChI=1S/C31H24FN5O4S2/c1-19-4-10-24(11-5-19)43(40,41)37-28-18-34-27(21-3-2-14-33-16-21)15-25(28)30-29(26(32)17-35-31(30)37)20-6-8-22(9-7-20)36-42(38,39)23-12-13-23/h2-11,14-18,23,36H,12-13H2,1H3. The smallest absolute Gasteiger partial charge is 0.269 e. The summed E-state index contributed by atoms with van der Waals surface area (Å²) in [6, 6.07) is 18.1. The van der Waals surface area contributed by atoms with Crippen molar-refractivity contribution in [1.29, 1.82) is 0 Å². The summed E-state index contributed by atoms with van der Waals surface area (Å²) in [5, 5.41) is 0.318. The molecule has 43 heavy (non-hydrogen) atoms. The van der Waals surface area contributed by atoms with E-state index in [1.807, 2.05) is 13.0 Å². The lowest BCUT2D eigenvalue weighted by Gasteiger charge is -2.11. The summed E-state index contributed by atoms with van der Waals surface area (Å²) in [6.07, 6.45) is 6.96. The molecular formula is C31H24FN5O4S2. The third-order valence-corrected chi connectivity index (χ3v) is 11.1. The summed E-state index contributed by atoms with van der Waals surface area (Å²) in [5.41, 5.74) is 3.30. The van der Waals surface area contributed by atoms with Gasteiger partial charge < -0.3 is 0 Å². The van der Waals surface area contributed by atoms with Gasteiger partial charge in [-0.2, -0.15) is 0 Å². The molecule has 0 bridgehead atoms. The number of nitrogens with zero attached hydrogens (tertiary/aromatic N) is 4. The Kier molecular flexibility index (Phi) is 6.29. The molecule has 1 aliphatic rings. The summed E-state index contributed by atoms with van der Waals surface area (Å²) in [7, 11) is -7.66. The van der Waals surface area contributed by atoms with Crippen LogP contribution < -0.4 is 4.72 Å². The molecule has 0 saturated heterocycles. The number of fused-ring (bicyclic) bond motifs is 3. The van der Waals surface area contributed by atoms with Crippen molar-refractivity contribution < 1.29 is 21.2 Å². The predicted molar refractivity (Wildman–Crippen MR) is 163 cm³/mol. The number of aryl methyl sites for hydroxylation is 1. The molecule has 9 nitrogen and oxygen atoms in total. The fraction of sp³-hybridized carbons (Fsp3) is 0.129. The highest BCUT2D eigenvalue weighted by atomic mass is 32.2. The van der Waals surface area contributed by atoms with E-state index >= 15 is 4.39 Å². The molecule has 4 aromatic heterocycles. The van der Waals surface area contributed by atoms with Gasteiger partial charge in [0.15, 0.2) is 5.65 Å². The molecule has 7 rings (SSSR count). The molecule has 216 valence electrons. The maximum atomic E-state index is 15.8. The first-order valence-electron chi connectivity index (χ1n) is 13.5. The fourth-order valence-electron chi connectivity index (χ4n) is 5.16. The number of anilines is 1. The van der Waals surface area contributed by atoms with E-state index in [2.05, 4.69) is 19.7 Å². The largest absolute Gasteiger partial charge is 0.283 e. The van der Waals surface area contributed by atoms with Crippen LogP contribution >= 0.6 is 0 Å². The quantitative estimate of drug-likeness (QED) is 0.238. The lowest BCUT2D eigenvalue weighted by Crippen LogP contribution is -2.17. The van der Waals surface area contributed by atoms with Crippen LogP contribution in [0.2, 0.25) is 0 Å². The van der Waals surface area contributed by atoms with Crippen molar-refractivity contribution in [2.75, 3.05) is 4.72 Å². The van der Waals surface area contributed by atoms with Gasteiger partial charge in [0.1, 0.15) is 5.82 Å². The maximum absolute atomic E-state index is 15.8. The molecule has 1 fully saturated rings. The van der Waals surface area contributed by atoms with E-state index in [0.717, 1.165) is 15.7 Å². The van der Waals surface area contributed by atoms with Gasteiger partial charge in [-0.05, 0) is 67.8 Å². The molecule has 0 aliphatic heterocycles. The molecule has 2 aromatic carbocycles. The highest BCUT2D eigenvalue weighted by molar-refractivity contribution is 7.93. The molecule has 0 unspecified atom stereocenters. The van der Waals surface area contributed by atoms with E-state index in [1.54, 1.807) is 60.9 Å². The topological polar surface area (TPSA) is 124 Å². The number of hydrogen-bond donors (Lipinski definition) is 1. The van der Waals surface area contributed by atoms with Crippen LogP contribution in [0.15, 0.2) is 96.4 Å². The number of hydrogen-bond acceptors (Lipinski definition) is 7. The van der Waals surface area contributed by atoms with Crippen LogP contribution in [-0.4, -0.2) is 41.0 Å². The average molecular weight is 614 g/mol. The van der Waals surface area contributed by atoms with Gasteiger partial charge in [0, 0.05) is 40.0 Å². The van der Waals surface area contributed by atoms with E-state index in [0.29, 0.717) is 40.7 Å². The van der Waals surface area contributed by atoms with Crippen LogP contribution in [0.25, 0.3) is 44.3 Å². The first kappa shape index (κ1) is 27.2. The SMILES string of the molecule is Cc1ccc(S(=O)(=O)n2c3cnc(-c4cccnc4)cc3c3c(-c4ccc(NS(=O)(=O)C5CC5)cc4)c(F)cnc32)cc1. The lowest BCUT2D eigenvalue weighted by atomic mass is 10.0. The second-order valence-corrected chi connectivity index (χ2v) is 14.3. The zero-order chi connectivity index (χ0) is 29.9. The van der Waals surface area contributed by atoms with Crippen LogP contribution in [-0.2, 0) is 20.0 Å². The maximum Gasteiger partial charge on any atom is 0.269 e. The molecule has 4 heterocycles. The van der Waals surface area contributed by atoms with Crippen molar-refractivity contribution in [2.24, 2.45) is 0 Å². The van der Waals surface area contributed by atoms with Gasteiger partial charge in [-0.1, -0.05) is 29.8 Å². The fourth-order valence-corrected chi connectivity index (χ4v) is 8.01. The van der Waals surface area contributed by atoms with Gasteiger partial charge in [-0.15, -0.1) is 0 Å². The van der Waals surface area contributed by atoms with Crippen LogP contribution in [0.4, 0.5) is 10.1 Å². The first-order valence-corrected chi connectivity index (χ1v) is 16.5. The minimum Gasteiger partial charge on any atom is -0.283 e. The van der Waals surface area contributed by atoms with Crippen LogP contribution in [0.1, 0.15) is 18.4 Å². The molecular weight excluding hydrogens is 590 g/mol. The number of aromatic nitrogens is 4. The Hall–Kier alpha value is -4.68. The number of benzene rings is 2. The third-order valence-electron chi connectivity index (χ3n) is 7.49. The highest BCUT2D eigenvalue weighted by Crippen LogP contribution is 2.40. The number of nitrogens with one attached hydrogen (secondary N) is 1. The highest BCUT2D eigenvalue weighted by Gasteiger charge is 2.35. The molecule has 1 aliphatic carbocycles. The van der Waals surface area contributed by atoms with Crippen LogP contribution in [0, 0.1) is 12.7 Å². The number of pyridine rings is 3.